The van der Waals surface area contributed by atoms with Gasteiger partial charge < -0.3 is 14.9 Å². The first kappa shape index (κ1) is 21.5. The van der Waals surface area contributed by atoms with Crippen molar-refractivity contribution in [2.45, 2.75) is 6.61 Å². The lowest BCUT2D eigenvalue weighted by atomic mass is 10.2. The lowest BCUT2D eigenvalue weighted by molar-refractivity contribution is -0.130. The summed E-state index contributed by atoms with van der Waals surface area (Å²) in [5.41, 5.74) is 1.83. The predicted octanol–water partition coefficient (Wildman–Crippen LogP) is 4.74. The Hall–Kier alpha value is -3.75. The van der Waals surface area contributed by atoms with Crippen molar-refractivity contribution in [1.82, 2.24) is 0 Å². The number of benzene rings is 3. The van der Waals surface area contributed by atoms with E-state index in [0.29, 0.717) is 22.9 Å². The van der Waals surface area contributed by atoms with Crippen LogP contribution in [0.2, 0.25) is 5.02 Å². The van der Waals surface area contributed by atoms with Crippen LogP contribution in [0.4, 0.5) is 0 Å². The molecule has 0 bridgehead atoms. The second-order valence-electron chi connectivity index (χ2n) is 5.64. The maximum Gasteiger partial charge on any atom is 0.382 e. The SMILES string of the molecule is O=C(O)C#Cc1ccc(Cl)cc1.O=C(O)c1ccccc1OCc1ccccc1. The summed E-state index contributed by atoms with van der Waals surface area (Å²) in [5, 5.41) is 17.8. The molecule has 3 aromatic carbocycles. The van der Waals surface area contributed by atoms with Crippen LogP contribution in [0.3, 0.4) is 0 Å². The summed E-state index contributed by atoms with van der Waals surface area (Å²) in [5.74, 6) is 2.75. The molecule has 0 heterocycles. The number of carboxylic acid groups (broad SMARTS) is 2. The van der Waals surface area contributed by atoms with Gasteiger partial charge >= 0.3 is 11.9 Å². The molecule has 0 aliphatic rings. The van der Waals surface area contributed by atoms with Gasteiger partial charge in [0.25, 0.3) is 0 Å². The van der Waals surface area contributed by atoms with Crippen LogP contribution in [0, 0.1) is 11.8 Å². The number of carboxylic acids is 2. The molecular formula is C23H17ClO5. The van der Waals surface area contributed by atoms with Crippen LogP contribution in [0.5, 0.6) is 5.75 Å². The van der Waals surface area contributed by atoms with Gasteiger partial charge in [0.2, 0.25) is 0 Å². The molecule has 29 heavy (non-hydrogen) atoms. The van der Waals surface area contributed by atoms with Gasteiger partial charge in [-0.15, -0.1) is 0 Å². The van der Waals surface area contributed by atoms with Crippen LogP contribution >= 0.6 is 11.6 Å². The van der Waals surface area contributed by atoms with Gasteiger partial charge in [0.1, 0.15) is 17.9 Å². The summed E-state index contributed by atoms with van der Waals surface area (Å²) in [6.07, 6.45) is 0. The number of ether oxygens (including phenoxy) is 1. The van der Waals surface area contributed by atoms with Crippen molar-refractivity contribution in [2.24, 2.45) is 0 Å². The summed E-state index contributed by atoms with van der Waals surface area (Å²) >= 11 is 5.61. The molecule has 0 spiro atoms. The van der Waals surface area contributed by atoms with Crippen LogP contribution in [0.15, 0.2) is 78.9 Å². The molecule has 0 aliphatic heterocycles. The van der Waals surface area contributed by atoms with E-state index >= 15 is 0 Å². The van der Waals surface area contributed by atoms with Crippen molar-refractivity contribution in [2.75, 3.05) is 0 Å². The topological polar surface area (TPSA) is 83.8 Å². The average Bonchev–Trinajstić information content (AvgIpc) is 2.73. The summed E-state index contributed by atoms with van der Waals surface area (Å²) in [6, 6.07) is 22.9. The molecule has 146 valence electrons. The molecular weight excluding hydrogens is 392 g/mol. The molecule has 2 N–H and O–H groups in total. The summed E-state index contributed by atoms with van der Waals surface area (Å²) in [6.45, 7) is 0.366. The van der Waals surface area contributed by atoms with Gasteiger partial charge in [-0.3, -0.25) is 0 Å². The van der Waals surface area contributed by atoms with E-state index in [-0.39, 0.29) is 5.56 Å². The van der Waals surface area contributed by atoms with Crippen molar-refractivity contribution in [3.05, 3.63) is 101 Å². The number of halogens is 1. The second-order valence-corrected chi connectivity index (χ2v) is 6.07. The Kier molecular flexibility index (Phi) is 8.30. The fraction of sp³-hybridized carbons (Fsp3) is 0.0435. The quantitative estimate of drug-likeness (QED) is 0.609. The first-order valence-corrected chi connectivity index (χ1v) is 8.83. The Morgan fingerprint density at radius 3 is 2.10 bits per heavy atom. The van der Waals surface area contributed by atoms with Gasteiger partial charge in [0, 0.05) is 16.5 Å². The zero-order valence-corrected chi connectivity index (χ0v) is 16.0. The third-order valence-electron chi connectivity index (χ3n) is 3.51. The Balaban J connectivity index is 0.000000221. The van der Waals surface area contributed by atoms with Gasteiger partial charge in [-0.1, -0.05) is 60.0 Å². The number of aliphatic carboxylic acids is 1. The highest BCUT2D eigenvalue weighted by molar-refractivity contribution is 6.30. The van der Waals surface area contributed by atoms with Crippen LogP contribution in [-0.2, 0) is 11.4 Å². The molecule has 3 aromatic rings. The van der Waals surface area contributed by atoms with E-state index in [2.05, 4.69) is 5.92 Å². The van der Waals surface area contributed by atoms with E-state index in [4.69, 9.17) is 26.6 Å². The third-order valence-corrected chi connectivity index (χ3v) is 3.76. The third kappa shape index (κ3) is 7.79. The van der Waals surface area contributed by atoms with E-state index in [9.17, 15) is 9.59 Å². The van der Waals surface area contributed by atoms with Crippen LogP contribution in [-0.4, -0.2) is 22.2 Å². The molecule has 0 radical (unpaired) electrons. The Morgan fingerprint density at radius 2 is 1.48 bits per heavy atom. The molecule has 0 unspecified atom stereocenters. The van der Waals surface area contributed by atoms with Gasteiger partial charge in [-0.05, 0) is 42.0 Å². The molecule has 0 aromatic heterocycles. The molecule has 0 atom stereocenters. The van der Waals surface area contributed by atoms with Crippen molar-refractivity contribution >= 4 is 23.5 Å². The molecule has 0 amide bonds. The highest BCUT2D eigenvalue weighted by Crippen LogP contribution is 2.19. The highest BCUT2D eigenvalue weighted by atomic mass is 35.5. The van der Waals surface area contributed by atoms with Crippen molar-refractivity contribution in [3.8, 4) is 17.6 Å². The Morgan fingerprint density at radius 1 is 0.862 bits per heavy atom. The van der Waals surface area contributed by atoms with Crippen LogP contribution in [0.1, 0.15) is 21.5 Å². The van der Waals surface area contributed by atoms with E-state index in [1.165, 1.54) is 6.07 Å². The van der Waals surface area contributed by atoms with Gasteiger partial charge in [-0.25, -0.2) is 9.59 Å². The number of aromatic carboxylic acids is 1. The lowest BCUT2D eigenvalue weighted by Gasteiger charge is -2.08. The molecule has 3 rings (SSSR count). The fourth-order valence-corrected chi connectivity index (χ4v) is 2.29. The molecule has 0 aliphatic carbocycles. The number of rotatable bonds is 4. The largest absolute Gasteiger partial charge is 0.488 e. The minimum Gasteiger partial charge on any atom is -0.488 e. The van der Waals surface area contributed by atoms with Crippen molar-refractivity contribution in [1.29, 1.82) is 0 Å². The number of para-hydroxylation sites is 1. The van der Waals surface area contributed by atoms with Crippen molar-refractivity contribution in [3.63, 3.8) is 0 Å². The van der Waals surface area contributed by atoms with Crippen LogP contribution < -0.4 is 4.74 Å². The van der Waals surface area contributed by atoms with E-state index in [1.807, 2.05) is 36.3 Å². The molecule has 0 saturated carbocycles. The minimum atomic E-state index is -1.13. The summed E-state index contributed by atoms with van der Waals surface area (Å²) in [7, 11) is 0. The first-order chi connectivity index (χ1) is 14.0. The summed E-state index contributed by atoms with van der Waals surface area (Å²) < 4.78 is 5.50. The molecule has 0 fully saturated rings. The van der Waals surface area contributed by atoms with E-state index in [0.717, 1.165) is 5.56 Å². The summed E-state index contributed by atoms with van der Waals surface area (Å²) in [4.78, 5) is 21.0. The number of carbonyl (C=O) groups is 2. The Labute approximate surface area is 173 Å². The maximum absolute atomic E-state index is 11.0. The second kappa shape index (κ2) is 11.2. The van der Waals surface area contributed by atoms with Gasteiger partial charge in [0.15, 0.2) is 0 Å². The smallest absolute Gasteiger partial charge is 0.382 e. The lowest BCUT2D eigenvalue weighted by Crippen LogP contribution is -2.02. The van der Waals surface area contributed by atoms with E-state index in [1.54, 1.807) is 42.5 Å². The molecule has 5 nitrogen and oxygen atoms in total. The molecule has 6 heteroatoms. The minimum absolute atomic E-state index is 0.184. The molecule has 0 saturated heterocycles. The van der Waals surface area contributed by atoms with Crippen molar-refractivity contribution < 1.29 is 24.5 Å². The first-order valence-electron chi connectivity index (χ1n) is 8.45. The zero-order chi connectivity index (χ0) is 21.1. The van der Waals surface area contributed by atoms with Crippen LogP contribution in [0.25, 0.3) is 0 Å². The predicted molar refractivity (Wildman–Crippen MR) is 110 cm³/mol. The number of hydrogen-bond donors (Lipinski definition) is 2. The van der Waals surface area contributed by atoms with Gasteiger partial charge in [-0.2, -0.15) is 0 Å². The number of hydrogen-bond acceptors (Lipinski definition) is 3. The normalized spacial score (nSPS) is 9.28. The zero-order valence-electron chi connectivity index (χ0n) is 15.2. The monoisotopic (exact) mass is 408 g/mol. The average molecular weight is 409 g/mol. The Bertz CT molecular complexity index is 1020. The highest BCUT2D eigenvalue weighted by Gasteiger charge is 2.09. The van der Waals surface area contributed by atoms with E-state index < -0.39 is 11.9 Å². The van der Waals surface area contributed by atoms with Gasteiger partial charge in [0.05, 0.1) is 0 Å². The fourth-order valence-electron chi connectivity index (χ4n) is 2.16. The standard InChI is InChI=1S/C14H12O3.C9H5ClO2/c15-14(16)12-8-4-5-9-13(12)17-10-11-6-2-1-3-7-11;10-8-4-1-7(2-5-8)3-6-9(11)12/h1-9H,10H2,(H,15,16);1-2,4-5H,(H,11,12). The maximum atomic E-state index is 11.0.